The zero-order chi connectivity index (χ0) is 14.0. The molecule has 2 atom stereocenters. The third kappa shape index (κ3) is 3.74. The molecule has 2 unspecified atom stereocenters. The van der Waals surface area contributed by atoms with Crippen LogP contribution in [0.1, 0.15) is 19.8 Å². The predicted octanol–water partition coefficient (Wildman–Crippen LogP) is 2.62. The molecule has 0 saturated carbocycles. The van der Waals surface area contributed by atoms with E-state index in [4.69, 9.17) is 5.73 Å². The fourth-order valence-corrected chi connectivity index (χ4v) is 4.78. The Bertz CT molecular complexity index is 553. The molecule has 114 valence electrons. The van der Waals surface area contributed by atoms with E-state index in [0.29, 0.717) is 23.9 Å². The first-order chi connectivity index (χ1) is 8.95. The Morgan fingerprint density at radius 1 is 1.45 bits per heavy atom. The molecule has 0 amide bonds. The second-order valence-corrected chi connectivity index (χ2v) is 7.90. The van der Waals surface area contributed by atoms with Crippen LogP contribution in [0.2, 0.25) is 0 Å². The first-order valence-electron chi connectivity index (χ1n) is 6.42. The molecule has 7 heteroatoms. The summed E-state index contributed by atoms with van der Waals surface area (Å²) in [7, 11) is -3.45. The van der Waals surface area contributed by atoms with Gasteiger partial charge in [-0.05, 0) is 37.0 Å². The van der Waals surface area contributed by atoms with Crippen LogP contribution >= 0.6 is 28.3 Å². The molecule has 1 saturated heterocycles. The van der Waals surface area contributed by atoms with Gasteiger partial charge in [-0.3, -0.25) is 0 Å². The maximum Gasteiger partial charge on any atom is 0.243 e. The van der Waals surface area contributed by atoms with Crippen molar-refractivity contribution >= 4 is 38.4 Å². The summed E-state index contributed by atoms with van der Waals surface area (Å²) in [6, 6.07) is 6.73. The zero-order valence-corrected chi connectivity index (χ0v) is 14.5. The highest BCUT2D eigenvalue weighted by Crippen LogP contribution is 2.28. The lowest BCUT2D eigenvalue weighted by Crippen LogP contribution is -2.49. The standard InChI is InChI=1S/C13H19BrN2O2S.ClH/c1-10-5-6-16(12(7-10)9-15)19(17,18)13-4-2-3-11(14)8-13;/h2-4,8,10,12H,5-7,9,15H2,1H3;1H. The third-order valence-corrected chi connectivity index (χ3v) is 6.04. The summed E-state index contributed by atoms with van der Waals surface area (Å²) in [6.45, 7) is 3.07. The van der Waals surface area contributed by atoms with Crippen molar-refractivity contribution in [1.29, 1.82) is 0 Å². The quantitative estimate of drug-likeness (QED) is 0.872. The molecule has 20 heavy (non-hydrogen) atoms. The Hall–Kier alpha value is -0.140. The number of hydrogen-bond acceptors (Lipinski definition) is 3. The van der Waals surface area contributed by atoms with Gasteiger partial charge in [-0.1, -0.05) is 28.9 Å². The van der Waals surface area contributed by atoms with E-state index in [1.807, 2.05) is 6.07 Å². The van der Waals surface area contributed by atoms with Crippen molar-refractivity contribution in [3.63, 3.8) is 0 Å². The summed E-state index contributed by atoms with van der Waals surface area (Å²) >= 11 is 3.31. The maximum atomic E-state index is 12.7. The minimum atomic E-state index is -3.45. The van der Waals surface area contributed by atoms with Gasteiger partial charge in [-0.2, -0.15) is 4.31 Å². The molecule has 0 aliphatic carbocycles. The Balaban J connectivity index is 0.00000200. The van der Waals surface area contributed by atoms with Gasteiger partial charge >= 0.3 is 0 Å². The average molecular weight is 384 g/mol. The molecule has 1 fully saturated rings. The van der Waals surface area contributed by atoms with Crippen molar-refractivity contribution in [3.8, 4) is 0 Å². The summed E-state index contributed by atoms with van der Waals surface area (Å²) in [5.74, 6) is 0.530. The smallest absolute Gasteiger partial charge is 0.243 e. The molecule has 0 spiro atoms. The van der Waals surface area contributed by atoms with Gasteiger partial charge in [0.15, 0.2) is 0 Å². The topological polar surface area (TPSA) is 63.4 Å². The van der Waals surface area contributed by atoms with Crippen LogP contribution in [0.3, 0.4) is 0 Å². The number of hydrogen-bond donors (Lipinski definition) is 1. The lowest BCUT2D eigenvalue weighted by Gasteiger charge is -2.36. The summed E-state index contributed by atoms with van der Waals surface area (Å²) in [6.07, 6.45) is 1.73. The van der Waals surface area contributed by atoms with Gasteiger partial charge in [0.2, 0.25) is 10.0 Å². The molecule has 1 aliphatic rings. The molecule has 2 N–H and O–H groups in total. The van der Waals surface area contributed by atoms with Crippen LogP contribution in [0, 0.1) is 5.92 Å². The van der Waals surface area contributed by atoms with Crippen LogP contribution in [0.4, 0.5) is 0 Å². The molecule has 1 heterocycles. The highest BCUT2D eigenvalue weighted by atomic mass is 79.9. The minimum Gasteiger partial charge on any atom is -0.329 e. The molecule has 2 rings (SSSR count). The molecular weight excluding hydrogens is 364 g/mol. The third-order valence-electron chi connectivity index (χ3n) is 3.60. The van der Waals surface area contributed by atoms with E-state index < -0.39 is 10.0 Å². The van der Waals surface area contributed by atoms with Gasteiger partial charge in [0, 0.05) is 23.6 Å². The first kappa shape index (κ1) is 17.9. The Labute approximate surface area is 135 Å². The fraction of sp³-hybridized carbons (Fsp3) is 0.538. The van der Waals surface area contributed by atoms with E-state index in [0.717, 1.165) is 17.3 Å². The Morgan fingerprint density at radius 3 is 2.75 bits per heavy atom. The Morgan fingerprint density at radius 2 is 2.15 bits per heavy atom. The zero-order valence-electron chi connectivity index (χ0n) is 11.3. The van der Waals surface area contributed by atoms with Crippen LogP contribution < -0.4 is 5.73 Å². The minimum absolute atomic E-state index is 0. The van der Waals surface area contributed by atoms with Crippen LogP contribution in [-0.2, 0) is 10.0 Å². The van der Waals surface area contributed by atoms with Crippen molar-refractivity contribution in [2.24, 2.45) is 11.7 Å². The lowest BCUT2D eigenvalue weighted by molar-refractivity contribution is 0.211. The number of sulfonamides is 1. The van der Waals surface area contributed by atoms with E-state index in [1.165, 1.54) is 0 Å². The largest absolute Gasteiger partial charge is 0.329 e. The van der Waals surface area contributed by atoms with Gasteiger partial charge in [0.25, 0.3) is 0 Å². The van der Waals surface area contributed by atoms with Crippen molar-refractivity contribution in [2.75, 3.05) is 13.1 Å². The van der Waals surface area contributed by atoms with E-state index in [1.54, 1.807) is 22.5 Å². The van der Waals surface area contributed by atoms with Gasteiger partial charge in [0.05, 0.1) is 4.90 Å². The van der Waals surface area contributed by atoms with E-state index >= 15 is 0 Å². The summed E-state index contributed by atoms with van der Waals surface area (Å²) in [4.78, 5) is 0.329. The molecule has 0 bridgehead atoms. The summed E-state index contributed by atoms with van der Waals surface area (Å²) < 4.78 is 27.7. The number of rotatable bonds is 3. The van der Waals surface area contributed by atoms with Crippen LogP contribution in [0.15, 0.2) is 33.6 Å². The lowest BCUT2D eigenvalue weighted by atomic mass is 9.94. The number of nitrogens with zero attached hydrogens (tertiary/aromatic N) is 1. The van der Waals surface area contributed by atoms with Crippen LogP contribution in [0.25, 0.3) is 0 Å². The number of halogens is 2. The number of nitrogens with two attached hydrogens (primary N) is 1. The van der Waals surface area contributed by atoms with Crippen LogP contribution in [0.5, 0.6) is 0 Å². The first-order valence-corrected chi connectivity index (χ1v) is 8.66. The van der Waals surface area contributed by atoms with Crippen molar-refractivity contribution in [2.45, 2.75) is 30.7 Å². The van der Waals surface area contributed by atoms with Gasteiger partial charge in [-0.25, -0.2) is 8.42 Å². The van der Waals surface area contributed by atoms with Crippen molar-refractivity contribution in [3.05, 3.63) is 28.7 Å². The molecule has 0 aromatic heterocycles. The summed E-state index contributed by atoms with van der Waals surface area (Å²) in [5.41, 5.74) is 5.75. The van der Waals surface area contributed by atoms with Crippen LogP contribution in [-0.4, -0.2) is 31.9 Å². The van der Waals surface area contributed by atoms with Crippen molar-refractivity contribution in [1.82, 2.24) is 4.31 Å². The second kappa shape index (κ2) is 7.22. The normalized spacial score (nSPS) is 24.1. The monoisotopic (exact) mass is 382 g/mol. The summed E-state index contributed by atoms with van der Waals surface area (Å²) in [5, 5.41) is 0. The highest BCUT2D eigenvalue weighted by molar-refractivity contribution is 9.10. The van der Waals surface area contributed by atoms with E-state index in [2.05, 4.69) is 22.9 Å². The fourth-order valence-electron chi connectivity index (χ4n) is 2.52. The van der Waals surface area contributed by atoms with E-state index in [-0.39, 0.29) is 18.4 Å². The second-order valence-electron chi connectivity index (χ2n) is 5.09. The number of benzene rings is 1. The molecular formula is C13H20BrClN2O2S. The number of piperidine rings is 1. The SMILES string of the molecule is CC1CCN(S(=O)(=O)c2cccc(Br)c2)C(CN)C1.Cl. The van der Waals surface area contributed by atoms with Crippen molar-refractivity contribution < 1.29 is 8.42 Å². The maximum absolute atomic E-state index is 12.7. The van der Waals surface area contributed by atoms with Gasteiger partial charge in [-0.15, -0.1) is 12.4 Å². The molecule has 1 aromatic carbocycles. The molecule has 0 radical (unpaired) electrons. The average Bonchev–Trinajstić information content (AvgIpc) is 2.38. The molecule has 1 aromatic rings. The molecule has 4 nitrogen and oxygen atoms in total. The Kier molecular flexibility index (Phi) is 6.47. The van der Waals surface area contributed by atoms with E-state index in [9.17, 15) is 8.42 Å². The van der Waals surface area contributed by atoms with Gasteiger partial charge in [0.1, 0.15) is 0 Å². The van der Waals surface area contributed by atoms with Gasteiger partial charge < -0.3 is 5.73 Å². The highest BCUT2D eigenvalue weighted by Gasteiger charge is 2.34. The molecule has 1 aliphatic heterocycles. The predicted molar refractivity (Wildman–Crippen MR) is 86.5 cm³/mol.